The number of amides is 1. The lowest BCUT2D eigenvalue weighted by Gasteiger charge is -2.22. The first-order valence-electron chi connectivity index (χ1n) is 8.12. The van der Waals surface area contributed by atoms with Gasteiger partial charge in [-0.2, -0.15) is 0 Å². The summed E-state index contributed by atoms with van der Waals surface area (Å²) in [6, 6.07) is 5.10. The van der Waals surface area contributed by atoms with Gasteiger partial charge in [-0.15, -0.1) is 0 Å². The Bertz CT molecular complexity index is 724. The van der Waals surface area contributed by atoms with E-state index >= 15 is 0 Å². The molecule has 0 unspecified atom stereocenters. The second-order valence-electron chi connectivity index (χ2n) is 6.42. The zero-order valence-electron chi connectivity index (χ0n) is 13.6. The van der Waals surface area contributed by atoms with Gasteiger partial charge < -0.3 is 10.2 Å². The van der Waals surface area contributed by atoms with Crippen molar-refractivity contribution in [3.8, 4) is 0 Å². The standard InChI is InChI=1S/C18H22FN3O/c1-22(2)17-10-16-12(9-15(17)19)8-13(11-20-16)18(23)21-14-6-4-3-5-7-14/h8-11,14H,3-7H2,1-2H3,(H,21,23). The maximum absolute atomic E-state index is 14.1. The minimum absolute atomic E-state index is 0.122. The molecule has 122 valence electrons. The van der Waals surface area contributed by atoms with Crippen LogP contribution in [-0.2, 0) is 0 Å². The second kappa shape index (κ2) is 6.52. The van der Waals surface area contributed by atoms with E-state index in [0.29, 0.717) is 22.2 Å². The summed E-state index contributed by atoms with van der Waals surface area (Å²) in [5.74, 6) is -0.433. The topological polar surface area (TPSA) is 45.2 Å². The monoisotopic (exact) mass is 315 g/mol. The van der Waals surface area contributed by atoms with Gasteiger partial charge in [-0.25, -0.2) is 4.39 Å². The molecule has 1 aliphatic rings. The zero-order valence-corrected chi connectivity index (χ0v) is 13.6. The predicted octanol–water partition coefficient (Wildman–Crippen LogP) is 3.50. The van der Waals surface area contributed by atoms with Crippen molar-refractivity contribution in [2.75, 3.05) is 19.0 Å². The van der Waals surface area contributed by atoms with Gasteiger partial charge >= 0.3 is 0 Å². The number of benzene rings is 1. The second-order valence-corrected chi connectivity index (χ2v) is 6.42. The van der Waals surface area contributed by atoms with Gasteiger partial charge in [0.25, 0.3) is 5.91 Å². The Kier molecular flexibility index (Phi) is 4.46. The summed E-state index contributed by atoms with van der Waals surface area (Å²) in [5, 5.41) is 3.71. The molecule has 3 rings (SSSR count). The Labute approximate surface area is 135 Å². The van der Waals surface area contributed by atoms with E-state index in [1.165, 1.54) is 25.3 Å². The molecule has 0 saturated heterocycles. The van der Waals surface area contributed by atoms with Crippen LogP contribution >= 0.6 is 0 Å². The lowest BCUT2D eigenvalue weighted by molar-refractivity contribution is 0.0927. The number of carbonyl (C=O) groups is 1. The average molecular weight is 315 g/mol. The van der Waals surface area contributed by atoms with E-state index in [1.807, 2.05) is 0 Å². The van der Waals surface area contributed by atoms with Crippen LogP contribution < -0.4 is 10.2 Å². The molecule has 0 atom stereocenters. The number of pyridine rings is 1. The highest BCUT2D eigenvalue weighted by molar-refractivity contribution is 5.97. The quantitative estimate of drug-likeness (QED) is 0.943. The fourth-order valence-electron chi connectivity index (χ4n) is 3.12. The summed E-state index contributed by atoms with van der Waals surface area (Å²) in [6.45, 7) is 0. The highest BCUT2D eigenvalue weighted by Crippen LogP contribution is 2.24. The fourth-order valence-corrected chi connectivity index (χ4v) is 3.12. The first-order valence-corrected chi connectivity index (χ1v) is 8.12. The number of hydrogen-bond acceptors (Lipinski definition) is 3. The van der Waals surface area contributed by atoms with Crippen LogP contribution in [0.1, 0.15) is 42.5 Å². The van der Waals surface area contributed by atoms with Gasteiger partial charge in [-0.05, 0) is 31.0 Å². The van der Waals surface area contributed by atoms with Crippen LogP contribution in [0.25, 0.3) is 10.9 Å². The van der Waals surface area contributed by atoms with E-state index in [9.17, 15) is 9.18 Å². The van der Waals surface area contributed by atoms with E-state index in [-0.39, 0.29) is 17.8 Å². The third kappa shape index (κ3) is 3.44. The molecule has 1 heterocycles. The summed E-state index contributed by atoms with van der Waals surface area (Å²) in [6.07, 6.45) is 7.22. The van der Waals surface area contributed by atoms with Crippen LogP contribution in [0.3, 0.4) is 0 Å². The van der Waals surface area contributed by atoms with Gasteiger partial charge in [-0.1, -0.05) is 19.3 Å². The summed E-state index contributed by atoms with van der Waals surface area (Å²) in [7, 11) is 3.58. The Balaban J connectivity index is 1.84. The van der Waals surface area contributed by atoms with Crippen molar-refractivity contribution in [1.82, 2.24) is 10.3 Å². The lowest BCUT2D eigenvalue weighted by atomic mass is 9.95. The highest BCUT2D eigenvalue weighted by Gasteiger charge is 2.17. The first kappa shape index (κ1) is 15.7. The van der Waals surface area contributed by atoms with Gasteiger partial charge in [0, 0.05) is 31.7 Å². The number of aromatic nitrogens is 1. The van der Waals surface area contributed by atoms with E-state index in [0.717, 1.165) is 12.8 Å². The Hall–Kier alpha value is -2.17. The van der Waals surface area contributed by atoms with E-state index < -0.39 is 0 Å². The number of halogens is 1. The number of carbonyl (C=O) groups excluding carboxylic acids is 1. The summed E-state index contributed by atoms with van der Waals surface area (Å²) in [4.78, 5) is 18.4. The molecular weight excluding hydrogens is 293 g/mol. The van der Waals surface area contributed by atoms with Crippen LogP contribution in [0.15, 0.2) is 24.4 Å². The van der Waals surface area contributed by atoms with Crippen LogP contribution in [0.5, 0.6) is 0 Å². The number of nitrogens with one attached hydrogen (secondary N) is 1. The number of rotatable bonds is 3. The van der Waals surface area contributed by atoms with Crippen LogP contribution in [0.2, 0.25) is 0 Å². The molecule has 1 fully saturated rings. The summed E-state index contributed by atoms with van der Waals surface area (Å²) >= 11 is 0. The summed E-state index contributed by atoms with van der Waals surface area (Å²) in [5.41, 5.74) is 1.66. The summed E-state index contributed by atoms with van der Waals surface area (Å²) < 4.78 is 14.1. The van der Waals surface area contributed by atoms with Crippen molar-refractivity contribution in [3.05, 3.63) is 35.8 Å². The predicted molar refractivity (Wildman–Crippen MR) is 90.4 cm³/mol. The zero-order chi connectivity index (χ0) is 16.4. The molecule has 0 aliphatic heterocycles. The largest absolute Gasteiger partial charge is 0.375 e. The normalized spacial score (nSPS) is 15.6. The maximum atomic E-state index is 14.1. The number of hydrogen-bond donors (Lipinski definition) is 1. The van der Waals surface area contributed by atoms with Gasteiger partial charge in [0.05, 0.1) is 16.8 Å². The van der Waals surface area contributed by atoms with Crippen LogP contribution in [-0.4, -0.2) is 31.0 Å². The highest BCUT2D eigenvalue weighted by atomic mass is 19.1. The number of anilines is 1. The van der Waals surface area contributed by atoms with Gasteiger partial charge in [0.1, 0.15) is 5.82 Å². The first-order chi connectivity index (χ1) is 11.0. The molecule has 1 saturated carbocycles. The molecule has 0 spiro atoms. The third-order valence-corrected chi connectivity index (χ3v) is 4.43. The molecule has 1 N–H and O–H groups in total. The minimum Gasteiger partial charge on any atom is -0.375 e. The molecule has 1 amide bonds. The molecule has 0 bridgehead atoms. The SMILES string of the molecule is CN(C)c1cc2ncc(C(=O)NC3CCCCC3)cc2cc1F. The third-order valence-electron chi connectivity index (χ3n) is 4.43. The van der Waals surface area contributed by atoms with Crippen molar-refractivity contribution in [2.45, 2.75) is 38.1 Å². The Morgan fingerprint density at radius 3 is 2.65 bits per heavy atom. The maximum Gasteiger partial charge on any atom is 0.253 e. The molecule has 1 aromatic carbocycles. The molecule has 23 heavy (non-hydrogen) atoms. The Morgan fingerprint density at radius 1 is 1.22 bits per heavy atom. The smallest absolute Gasteiger partial charge is 0.253 e. The minimum atomic E-state index is -0.311. The van der Waals surface area contributed by atoms with Crippen molar-refractivity contribution >= 4 is 22.5 Å². The van der Waals surface area contributed by atoms with Crippen LogP contribution in [0.4, 0.5) is 10.1 Å². The number of fused-ring (bicyclic) bond motifs is 1. The lowest BCUT2D eigenvalue weighted by Crippen LogP contribution is -2.36. The van der Waals surface area contributed by atoms with E-state index in [4.69, 9.17) is 0 Å². The van der Waals surface area contributed by atoms with E-state index in [1.54, 1.807) is 37.3 Å². The van der Waals surface area contributed by atoms with Crippen molar-refractivity contribution in [2.24, 2.45) is 0 Å². The molecule has 1 aromatic heterocycles. The van der Waals surface area contributed by atoms with Gasteiger partial charge in [-0.3, -0.25) is 9.78 Å². The molecule has 0 radical (unpaired) electrons. The molecular formula is C18H22FN3O. The van der Waals surface area contributed by atoms with Crippen molar-refractivity contribution in [1.29, 1.82) is 0 Å². The number of nitrogens with zero attached hydrogens (tertiary/aromatic N) is 2. The molecule has 1 aliphatic carbocycles. The van der Waals surface area contributed by atoms with Gasteiger partial charge in [0.2, 0.25) is 0 Å². The Morgan fingerprint density at radius 2 is 1.96 bits per heavy atom. The molecule has 5 heteroatoms. The fraction of sp³-hybridized carbons (Fsp3) is 0.444. The van der Waals surface area contributed by atoms with Gasteiger partial charge in [0.15, 0.2) is 0 Å². The van der Waals surface area contributed by atoms with E-state index in [2.05, 4.69) is 10.3 Å². The molecule has 4 nitrogen and oxygen atoms in total. The average Bonchev–Trinajstić information content (AvgIpc) is 2.54. The molecule has 2 aromatic rings. The van der Waals surface area contributed by atoms with Crippen molar-refractivity contribution in [3.63, 3.8) is 0 Å². The van der Waals surface area contributed by atoms with Crippen LogP contribution in [0, 0.1) is 5.82 Å². The van der Waals surface area contributed by atoms with Crippen molar-refractivity contribution < 1.29 is 9.18 Å².